The standard InChI is InChI=1S/C18H24N2O4/c1-9(2)24-18(23)13-7-12-6-11(13)8-14(12)20-17(22)15-16(21)10(3)4-5-19-15/h4-5,9,11-14,21H,6-8H2,1-3H3,(H,20,22)/t11?,12?,13-,14-/m1/s1. The second kappa shape index (κ2) is 6.42. The van der Waals surface area contributed by atoms with Gasteiger partial charge in [0.05, 0.1) is 12.0 Å². The maximum atomic E-state index is 12.4. The van der Waals surface area contributed by atoms with Crippen LogP contribution in [0, 0.1) is 24.7 Å². The van der Waals surface area contributed by atoms with Gasteiger partial charge in [0.2, 0.25) is 0 Å². The van der Waals surface area contributed by atoms with Gasteiger partial charge in [-0.1, -0.05) is 0 Å². The van der Waals surface area contributed by atoms with Gasteiger partial charge in [-0.15, -0.1) is 0 Å². The third-order valence-electron chi connectivity index (χ3n) is 5.17. The van der Waals surface area contributed by atoms with E-state index in [4.69, 9.17) is 4.74 Å². The van der Waals surface area contributed by atoms with Gasteiger partial charge in [0.25, 0.3) is 5.91 Å². The molecule has 0 aliphatic heterocycles. The van der Waals surface area contributed by atoms with Gasteiger partial charge in [0.1, 0.15) is 5.75 Å². The fraction of sp³-hybridized carbons (Fsp3) is 0.611. The molecule has 2 N–H and O–H groups in total. The summed E-state index contributed by atoms with van der Waals surface area (Å²) >= 11 is 0. The monoisotopic (exact) mass is 332 g/mol. The van der Waals surface area contributed by atoms with Gasteiger partial charge in [0, 0.05) is 12.2 Å². The SMILES string of the molecule is Cc1ccnc(C(=O)N[C@@H]2CC3CC2C[C@H]3C(=O)OC(C)C)c1O. The average Bonchev–Trinajstić information content (AvgIpc) is 3.09. The smallest absolute Gasteiger partial charge is 0.309 e. The summed E-state index contributed by atoms with van der Waals surface area (Å²) in [6.45, 7) is 5.45. The van der Waals surface area contributed by atoms with Crippen molar-refractivity contribution in [3.63, 3.8) is 0 Å². The summed E-state index contributed by atoms with van der Waals surface area (Å²) in [5, 5.41) is 13.0. The maximum absolute atomic E-state index is 12.4. The molecule has 2 fully saturated rings. The van der Waals surface area contributed by atoms with E-state index in [1.807, 2.05) is 13.8 Å². The molecule has 24 heavy (non-hydrogen) atoms. The fourth-order valence-corrected chi connectivity index (χ4v) is 4.01. The van der Waals surface area contributed by atoms with E-state index in [0.717, 1.165) is 19.3 Å². The fourth-order valence-electron chi connectivity index (χ4n) is 4.01. The molecule has 6 heteroatoms. The van der Waals surface area contributed by atoms with Crippen LogP contribution in [0.3, 0.4) is 0 Å². The number of rotatable bonds is 4. The first-order valence-corrected chi connectivity index (χ1v) is 8.52. The molecule has 2 aliphatic carbocycles. The third kappa shape index (κ3) is 3.09. The molecule has 0 radical (unpaired) electrons. The summed E-state index contributed by atoms with van der Waals surface area (Å²) in [5.41, 5.74) is 0.688. The number of fused-ring (bicyclic) bond motifs is 2. The van der Waals surface area contributed by atoms with E-state index in [1.54, 1.807) is 13.0 Å². The van der Waals surface area contributed by atoms with Crippen LogP contribution in [0.5, 0.6) is 5.75 Å². The first-order valence-electron chi connectivity index (χ1n) is 8.52. The van der Waals surface area contributed by atoms with Crippen molar-refractivity contribution in [2.45, 2.75) is 52.2 Å². The van der Waals surface area contributed by atoms with Crippen LogP contribution in [0.1, 0.15) is 49.2 Å². The van der Waals surface area contributed by atoms with Crippen molar-refractivity contribution in [3.8, 4) is 5.75 Å². The zero-order valence-corrected chi connectivity index (χ0v) is 14.3. The van der Waals surface area contributed by atoms with E-state index in [0.29, 0.717) is 5.56 Å². The lowest BCUT2D eigenvalue weighted by Crippen LogP contribution is -2.41. The summed E-state index contributed by atoms with van der Waals surface area (Å²) < 4.78 is 5.33. The van der Waals surface area contributed by atoms with E-state index in [1.165, 1.54) is 6.20 Å². The lowest BCUT2D eigenvalue weighted by atomic mass is 9.86. The normalized spacial score (nSPS) is 28.2. The number of aromatic hydroxyl groups is 1. The van der Waals surface area contributed by atoms with Crippen LogP contribution in [0.4, 0.5) is 0 Å². The predicted molar refractivity (Wildman–Crippen MR) is 87.4 cm³/mol. The van der Waals surface area contributed by atoms with E-state index >= 15 is 0 Å². The Labute approximate surface area is 141 Å². The number of carbonyl (C=O) groups is 2. The Kier molecular flexibility index (Phi) is 4.47. The molecule has 2 unspecified atom stereocenters. The molecule has 4 atom stereocenters. The predicted octanol–water partition coefficient (Wildman–Crippen LogP) is 2.19. The van der Waals surface area contributed by atoms with Crippen molar-refractivity contribution in [1.29, 1.82) is 0 Å². The minimum absolute atomic E-state index is 0.0345. The Morgan fingerprint density at radius 2 is 2.04 bits per heavy atom. The number of aromatic nitrogens is 1. The van der Waals surface area contributed by atoms with Gasteiger partial charge < -0.3 is 15.2 Å². The molecule has 3 rings (SSSR count). The number of hydrogen-bond acceptors (Lipinski definition) is 5. The van der Waals surface area contributed by atoms with Crippen LogP contribution in [-0.2, 0) is 9.53 Å². The number of esters is 1. The second-order valence-corrected chi connectivity index (χ2v) is 7.22. The van der Waals surface area contributed by atoms with E-state index in [-0.39, 0.29) is 53.2 Å². The number of nitrogens with zero attached hydrogens (tertiary/aromatic N) is 1. The molecule has 0 spiro atoms. The number of amides is 1. The van der Waals surface area contributed by atoms with Crippen LogP contribution >= 0.6 is 0 Å². The van der Waals surface area contributed by atoms with E-state index in [2.05, 4.69) is 10.3 Å². The topological polar surface area (TPSA) is 88.5 Å². The highest BCUT2D eigenvalue weighted by atomic mass is 16.5. The highest BCUT2D eigenvalue weighted by Gasteiger charge is 2.49. The van der Waals surface area contributed by atoms with Gasteiger partial charge >= 0.3 is 5.97 Å². The van der Waals surface area contributed by atoms with Crippen LogP contribution in [0.25, 0.3) is 0 Å². The van der Waals surface area contributed by atoms with Crippen LogP contribution in [0.15, 0.2) is 12.3 Å². The van der Waals surface area contributed by atoms with Crippen molar-refractivity contribution in [3.05, 3.63) is 23.5 Å². The van der Waals surface area contributed by atoms with Crippen molar-refractivity contribution in [2.24, 2.45) is 17.8 Å². The number of pyridine rings is 1. The largest absolute Gasteiger partial charge is 0.505 e. The number of nitrogens with one attached hydrogen (secondary N) is 1. The number of ether oxygens (including phenoxy) is 1. The molecule has 1 aromatic rings. The van der Waals surface area contributed by atoms with E-state index < -0.39 is 0 Å². The molecular formula is C18H24N2O4. The molecule has 0 saturated heterocycles. The first kappa shape index (κ1) is 16.7. The molecule has 2 aliphatic rings. The van der Waals surface area contributed by atoms with Crippen LogP contribution < -0.4 is 5.32 Å². The van der Waals surface area contributed by atoms with Gasteiger partial charge in [-0.25, -0.2) is 4.98 Å². The lowest BCUT2D eigenvalue weighted by Gasteiger charge is -2.28. The average molecular weight is 332 g/mol. The van der Waals surface area contributed by atoms with Gasteiger partial charge in [-0.05, 0) is 63.5 Å². The summed E-state index contributed by atoms with van der Waals surface area (Å²) in [6, 6.07) is 1.70. The number of aryl methyl sites for hydroxylation is 1. The minimum atomic E-state index is -0.352. The molecular weight excluding hydrogens is 308 g/mol. The van der Waals surface area contributed by atoms with Gasteiger partial charge in [-0.2, -0.15) is 0 Å². The quantitative estimate of drug-likeness (QED) is 0.825. The zero-order valence-electron chi connectivity index (χ0n) is 14.3. The summed E-state index contributed by atoms with van der Waals surface area (Å²) in [4.78, 5) is 28.5. The van der Waals surface area contributed by atoms with E-state index in [9.17, 15) is 14.7 Å². The second-order valence-electron chi connectivity index (χ2n) is 7.22. The number of hydrogen-bond donors (Lipinski definition) is 2. The van der Waals surface area contributed by atoms with Crippen LogP contribution in [-0.4, -0.2) is 34.1 Å². The molecule has 2 saturated carbocycles. The Hall–Kier alpha value is -2.11. The van der Waals surface area contributed by atoms with Crippen LogP contribution in [0.2, 0.25) is 0 Å². The van der Waals surface area contributed by atoms with Gasteiger partial charge in [0.15, 0.2) is 5.69 Å². The van der Waals surface area contributed by atoms with Gasteiger partial charge in [-0.3, -0.25) is 9.59 Å². The third-order valence-corrected chi connectivity index (χ3v) is 5.17. The highest BCUT2D eigenvalue weighted by Crippen LogP contribution is 2.49. The Morgan fingerprint density at radius 3 is 2.67 bits per heavy atom. The number of carbonyl (C=O) groups excluding carboxylic acids is 2. The molecule has 1 amide bonds. The lowest BCUT2D eigenvalue weighted by molar-refractivity contribution is -0.154. The molecule has 2 bridgehead atoms. The first-order chi connectivity index (χ1) is 11.4. The van der Waals surface area contributed by atoms with Crippen molar-refractivity contribution >= 4 is 11.9 Å². The molecule has 1 heterocycles. The van der Waals surface area contributed by atoms with Crippen molar-refractivity contribution in [1.82, 2.24) is 10.3 Å². The van der Waals surface area contributed by atoms with Crippen molar-refractivity contribution in [2.75, 3.05) is 0 Å². The Balaban J connectivity index is 1.61. The highest BCUT2D eigenvalue weighted by molar-refractivity contribution is 5.95. The summed E-state index contributed by atoms with van der Waals surface area (Å²) in [6.07, 6.45) is 3.90. The zero-order chi connectivity index (χ0) is 17.4. The molecule has 6 nitrogen and oxygen atoms in total. The van der Waals surface area contributed by atoms with Crippen molar-refractivity contribution < 1.29 is 19.4 Å². The molecule has 0 aromatic carbocycles. The molecule has 130 valence electrons. The Morgan fingerprint density at radius 1 is 1.29 bits per heavy atom. The maximum Gasteiger partial charge on any atom is 0.309 e. The minimum Gasteiger partial charge on any atom is -0.505 e. The summed E-state index contributed by atoms with van der Waals surface area (Å²) in [7, 11) is 0. The Bertz CT molecular complexity index is 658. The summed E-state index contributed by atoms with van der Waals surface area (Å²) in [5.74, 6) is -0.0239. The molecule has 1 aromatic heterocycles.